The summed E-state index contributed by atoms with van der Waals surface area (Å²) in [4.78, 5) is 0. The van der Waals surface area contributed by atoms with Crippen molar-refractivity contribution in [2.24, 2.45) is 11.7 Å². The maximum atomic E-state index is 10.4. The van der Waals surface area contributed by atoms with Crippen LogP contribution >= 0.6 is 12.4 Å². The number of nitrogens with two attached hydrogens (primary N) is 1. The first-order valence-electron chi connectivity index (χ1n) is 6.69. The predicted molar refractivity (Wildman–Crippen MR) is 77.9 cm³/mol. The van der Waals surface area contributed by atoms with Gasteiger partial charge in [0.25, 0.3) is 0 Å². The molecule has 0 spiro atoms. The third kappa shape index (κ3) is 3.47. The number of aryl methyl sites for hydroxylation is 1. The molecule has 3 N–H and O–H groups in total. The van der Waals surface area contributed by atoms with E-state index in [1.165, 1.54) is 24.8 Å². The highest BCUT2D eigenvalue weighted by atomic mass is 35.5. The average Bonchev–Trinajstić information content (AvgIpc) is 2.39. The van der Waals surface area contributed by atoms with E-state index in [1.807, 2.05) is 18.2 Å². The Bertz CT molecular complexity index is 363. The van der Waals surface area contributed by atoms with Crippen molar-refractivity contribution >= 4 is 12.4 Å². The fourth-order valence-corrected chi connectivity index (χ4v) is 2.91. The normalized spacial score (nSPS) is 19.9. The molecule has 0 radical (unpaired) electrons. The minimum Gasteiger partial charge on any atom is -0.391 e. The van der Waals surface area contributed by atoms with Gasteiger partial charge in [0.2, 0.25) is 0 Å². The molecule has 1 aliphatic rings. The van der Waals surface area contributed by atoms with E-state index in [9.17, 15) is 5.11 Å². The van der Waals surface area contributed by atoms with Gasteiger partial charge in [-0.1, -0.05) is 43.5 Å². The highest BCUT2D eigenvalue weighted by Crippen LogP contribution is 2.32. The van der Waals surface area contributed by atoms with E-state index in [0.29, 0.717) is 5.92 Å². The summed E-state index contributed by atoms with van der Waals surface area (Å²) in [5.74, 6) is 0.387. The lowest BCUT2D eigenvalue weighted by atomic mass is 9.81. The average molecular weight is 270 g/mol. The molecule has 3 heteroatoms. The molecule has 0 aromatic heterocycles. The SMILES string of the molecule is Cc1ccccc1[C@@H](N)[C@@H](O)C1CCCCC1.Cl. The summed E-state index contributed by atoms with van der Waals surface area (Å²) < 4.78 is 0. The van der Waals surface area contributed by atoms with Gasteiger partial charge in [0, 0.05) is 0 Å². The zero-order valence-electron chi connectivity index (χ0n) is 11.0. The molecule has 1 saturated carbocycles. The van der Waals surface area contributed by atoms with Crippen LogP contribution in [-0.2, 0) is 0 Å². The molecule has 0 unspecified atom stereocenters. The van der Waals surface area contributed by atoms with Crippen LogP contribution in [-0.4, -0.2) is 11.2 Å². The van der Waals surface area contributed by atoms with E-state index in [1.54, 1.807) is 0 Å². The molecule has 0 bridgehead atoms. The third-order valence-corrected chi connectivity index (χ3v) is 4.05. The monoisotopic (exact) mass is 269 g/mol. The van der Waals surface area contributed by atoms with Gasteiger partial charge in [-0.05, 0) is 36.8 Å². The molecule has 18 heavy (non-hydrogen) atoms. The Labute approximate surface area is 116 Å². The molecule has 1 aliphatic carbocycles. The molecule has 1 fully saturated rings. The Hall–Kier alpha value is -0.570. The second-order valence-electron chi connectivity index (χ2n) is 5.27. The maximum Gasteiger partial charge on any atom is 0.0760 e. The van der Waals surface area contributed by atoms with Crippen LogP contribution in [0.5, 0.6) is 0 Å². The molecule has 2 atom stereocenters. The number of rotatable bonds is 3. The lowest BCUT2D eigenvalue weighted by molar-refractivity contribution is 0.0616. The standard InChI is InChI=1S/C15H23NO.ClH/c1-11-7-5-6-10-13(11)14(16)15(17)12-8-3-2-4-9-12;/h5-7,10,12,14-15,17H,2-4,8-9,16H2,1H3;1H/t14-,15+;/m1./s1. The van der Waals surface area contributed by atoms with E-state index >= 15 is 0 Å². The fourth-order valence-electron chi connectivity index (χ4n) is 2.91. The van der Waals surface area contributed by atoms with Crippen molar-refractivity contribution in [3.63, 3.8) is 0 Å². The Morgan fingerprint density at radius 2 is 1.78 bits per heavy atom. The van der Waals surface area contributed by atoms with Crippen LogP contribution in [0.2, 0.25) is 0 Å². The van der Waals surface area contributed by atoms with Crippen molar-refractivity contribution in [1.29, 1.82) is 0 Å². The van der Waals surface area contributed by atoms with E-state index in [0.717, 1.165) is 18.4 Å². The molecule has 0 saturated heterocycles. The second-order valence-corrected chi connectivity index (χ2v) is 5.27. The van der Waals surface area contributed by atoms with Crippen LogP contribution in [0.4, 0.5) is 0 Å². The zero-order chi connectivity index (χ0) is 12.3. The van der Waals surface area contributed by atoms with Gasteiger partial charge in [0.15, 0.2) is 0 Å². The number of aliphatic hydroxyl groups excluding tert-OH is 1. The first-order chi connectivity index (χ1) is 8.20. The van der Waals surface area contributed by atoms with E-state index in [4.69, 9.17) is 5.73 Å². The van der Waals surface area contributed by atoms with Gasteiger partial charge in [0.1, 0.15) is 0 Å². The molecule has 1 aromatic rings. The van der Waals surface area contributed by atoms with Gasteiger partial charge < -0.3 is 10.8 Å². The van der Waals surface area contributed by atoms with Crippen LogP contribution in [0.1, 0.15) is 49.3 Å². The van der Waals surface area contributed by atoms with Gasteiger partial charge in [-0.3, -0.25) is 0 Å². The smallest absolute Gasteiger partial charge is 0.0760 e. The predicted octanol–water partition coefficient (Wildman–Crippen LogP) is 3.36. The number of benzene rings is 1. The van der Waals surface area contributed by atoms with Gasteiger partial charge in [0.05, 0.1) is 12.1 Å². The van der Waals surface area contributed by atoms with Gasteiger partial charge in [-0.15, -0.1) is 12.4 Å². The summed E-state index contributed by atoms with van der Waals surface area (Å²) in [5, 5.41) is 10.4. The van der Waals surface area contributed by atoms with Crippen molar-refractivity contribution in [2.45, 2.75) is 51.2 Å². The molecular weight excluding hydrogens is 246 g/mol. The number of hydrogen-bond acceptors (Lipinski definition) is 2. The van der Waals surface area contributed by atoms with Crippen molar-refractivity contribution < 1.29 is 5.11 Å². The molecule has 2 rings (SSSR count). The minimum atomic E-state index is -0.392. The Morgan fingerprint density at radius 1 is 1.17 bits per heavy atom. The first-order valence-corrected chi connectivity index (χ1v) is 6.69. The lowest BCUT2D eigenvalue weighted by Crippen LogP contribution is -2.34. The molecule has 1 aromatic carbocycles. The highest BCUT2D eigenvalue weighted by molar-refractivity contribution is 5.85. The van der Waals surface area contributed by atoms with Gasteiger partial charge >= 0.3 is 0 Å². The summed E-state index contributed by atoms with van der Waals surface area (Å²) in [5.41, 5.74) is 8.48. The largest absolute Gasteiger partial charge is 0.391 e. The molecule has 102 valence electrons. The van der Waals surface area contributed by atoms with E-state index in [2.05, 4.69) is 13.0 Å². The summed E-state index contributed by atoms with van der Waals surface area (Å²) in [7, 11) is 0. The summed E-state index contributed by atoms with van der Waals surface area (Å²) in [6.45, 7) is 2.06. The number of hydrogen-bond donors (Lipinski definition) is 2. The lowest BCUT2D eigenvalue weighted by Gasteiger charge is -2.31. The maximum absolute atomic E-state index is 10.4. The van der Waals surface area contributed by atoms with Crippen molar-refractivity contribution in [3.8, 4) is 0 Å². The quantitative estimate of drug-likeness (QED) is 0.884. The van der Waals surface area contributed by atoms with E-state index in [-0.39, 0.29) is 18.4 Å². The Kier molecular flexibility index (Phi) is 6.13. The zero-order valence-corrected chi connectivity index (χ0v) is 11.8. The molecule has 0 amide bonds. The van der Waals surface area contributed by atoms with Crippen molar-refractivity contribution in [2.75, 3.05) is 0 Å². The number of halogens is 1. The van der Waals surface area contributed by atoms with Crippen LogP contribution in [0.25, 0.3) is 0 Å². The van der Waals surface area contributed by atoms with Crippen LogP contribution in [0, 0.1) is 12.8 Å². The van der Waals surface area contributed by atoms with Crippen LogP contribution < -0.4 is 5.73 Å². The topological polar surface area (TPSA) is 46.2 Å². The molecule has 0 aliphatic heterocycles. The number of aliphatic hydroxyl groups is 1. The summed E-state index contributed by atoms with van der Waals surface area (Å²) in [6, 6.07) is 7.86. The first kappa shape index (κ1) is 15.5. The fraction of sp³-hybridized carbons (Fsp3) is 0.600. The Balaban J connectivity index is 0.00000162. The molecule has 0 heterocycles. The van der Waals surface area contributed by atoms with Crippen LogP contribution in [0.3, 0.4) is 0 Å². The molecule has 2 nitrogen and oxygen atoms in total. The third-order valence-electron chi connectivity index (χ3n) is 4.05. The molecular formula is C15H24ClNO. The summed E-state index contributed by atoms with van der Waals surface area (Å²) in [6.07, 6.45) is 5.64. The Morgan fingerprint density at radius 3 is 2.39 bits per heavy atom. The second kappa shape index (κ2) is 7.13. The van der Waals surface area contributed by atoms with Crippen LogP contribution in [0.15, 0.2) is 24.3 Å². The van der Waals surface area contributed by atoms with E-state index < -0.39 is 6.10 Å². The van der Waals surface area contributed by atoms with Gasteiger partial charge in [-0.2, -0.15) is 0 Å². The highest BCUT2D eigenvalue weighted by Gasteiger charge is 2.28. The minimum absolute atomic E-state index is 0. The van der Waals surface area contributed by atoms with Crippen molar-refractivity contribution in [3.05, 3.63) is 35.4 Å². The summed E-state index contributed by atoms with van der Waals surface area (Å²) >= 11 is 0. The van der Waals surface area contributed by atoms with Crippen molar-refractivity contribution in [1.82, 2.24) is 0 Å². The van der Waals surface area contributed by atoms with Gasteiger partial charge in [-0.25, -0.2) is 0 Å².